The molecule has 27 heavy (non-hydrogen) atoms. The molecule has 2 N–H and O–H groups in total. The molecule has 150 valence electrons. The van der Waals surface area contributed by atoms with Gasteiger partial charge in [-0.05, 0) is 42.4 Å². The Labute approximate surface area is 158 Å². The molecule has 2 fully saturated rings. The molecule has 3 rings (SSSR count). The number of aromatic nitrogens is 2. The van der Waals surface area contributed by atoms with Crippen molar-refractivity contribution in [3.05, 3.63) is 16.6 Å². The second-order valence-corrected chi connectivity index (χ2v) is 10.5. The van der Waals surface area contributed by atoms with E-state index in [0.717, 1.165) is 25.5 Å². The van der Waals surface area contributed by atoms with Crippen LogP contribution < -0.4 is 10.9 Å². The first-order valence-electron chi connectivity index (χ1n) is 9.21. The second-order valence-electron chi connectivity index (χ2n) is 8.56. The third kappa shape index (κ3) is 3.49. The van der Waals surface area contributed by atoms with E-state index < -0.39 is 32.8 Å². The highest BCUT2D eigenvalue weighted by atomic mass is 32.2. The van der Waals surface area contributed by atoms with Gasteiger partial charge in [-0.1, -0.05) is 20.8 Å². The Bertz CT molecular complexity index is 921. The van der Waals surface area contributed by atoms with Gasteiger partial charge in [0, 0.05) is 12.3 Å². The van der Waals surface area contributed by atoms with Crippen LogP contribution in [0.3, 0.4) is 0 Å². The molecule has 0 aromatic carbocycles. The monoisotopic (exact) mass is 397 g/mol. The molecule has 8 nitrogen and oxygen atoms in total. The lowest BCUT2D eigenvalue weighted by Crippen LogP contribution is -2.45. The summed E-state index contributed by atoms with van der Waals surface area (Å²) in [4.78, 5) is 23.0. The summed E-state index contributed by atoms with van der Waals surface area (Å²) in [5.74, 6) is 0.158. The summed E-state index contributed by atoms with van der Waals surface area (Å²) in [5.41, 5.74) is -0.475. The summed E-state index contributed by atoms with van der Waals surface area (Å²) in [6.07, 6.45) is 5.45. The van der Waals surface area contributed by atoms with Crippen LogP contribution in [0.15, 0.2) is 15.9 Å². The molecular formula is C18H27N3O5S. The van der Waals surface area contributed by atoms with Gasteiger partial charge in [0.1, 0.15) is 6.54 Å². The predicted molar refractivity (Wildman–Crippen MR) is 100 cm³/mol. The van der Waals surface area contributed by atoms with E-state index in [9.17, 15) is 18.0 Å². The number of fused-ring (bicyclic) bond motifs is 2. The zero-order valence-corrected chi connectivity index (χ0v) is 16.9. The first-order chi connectivity index (χ1) is 12.4. The zero-order valence-electron chi connectivity index (χ0n) is 16.1. The zero-order chi connectivity index (χ0) is 20.1. The van der Waals surface area contributed by atoms with Crippen molar-refractivity contribution in [2.45, 2.75) is 57.5 Å². The number of carboxylic acids is 1. The van der Waals surface area contributed by atoms with Crippen LogP contribution in [0.2, 0.25) is 0 Å². The van der Waals surface area contributed by atoms with Crippen molar-refractivity contribution < 1.29 is 18.3 Å². The Kier molecular flexibility index (Phi) is 4.86. The van der Waals surface area contributed by atoms with E-state index in [1.807, 2.05) is 0 Å². The Morgan fingerprint density at radius 1 is 1.41 bits per heavy atom. The Morgan fingerprint density at radius 2 is 2.07 bits per heavy atom. The summed E-state index contributed by atoms with van der Waals surface area (Å²) < 4.78 is 25.2. The van der Waals surface area contributed by atoms with Crippen molar-refractivity contribution in [1.29, 1.82) is 0 Å². The quantitative estimate of drug-likeness (QED) is 0.775. The molecular weight excluding hydrogens is 370 g/mol. The SMILES string of the molecule is C[C@@H]1[C@H]2CC[C@@H](C[C@H]1Nc1cnn(CC(=O)O)c(=O)c1S(C)(=O)=O)C2(C)C. The molecule has 1 heterocycles. The van der Waals surface area contributed by atoms with Gasteiger partial charge in [-0.25, -0.2) is 13.1 Å². The molecule has 0 saturated heterocycles. The molecule has 2 bridgehead atoms. The fourth-order valence-electron chi connectivity index (χ4n) is 5.15. The molecule has 0 spiro atoms. The van der Waals surface area contributed by atoms with Crippen molar-refractivity contribution in [2.24, 2.45) is 23.2 Å². The summed E-state index contributed by atoms with van der Waals surface area (Å²) in [6.45, 7) is 6.10. The van der Waals surface area contributed by atoms with Gasteiger partial charge in [-0.2, -0.15) is 5.10 Å². The minimum absolute atomic E-state index is 0.0487. The first kappa shape index (κ1) is 19.9. The first-order valence-corrected chi connectivity index (χ1v) is 11.1. The minimum Gasteiger partial charge on any atom is -0.480 e. The Hall–Kier alpha value is -1.90. The number of sulfone groups is 1. The minimum atomic E-state index is -3.85. The molecule has 4 atom stereocenters. The molecule has 0 amide bonds. The number of anilines is 1. The smallest absolute Gasteiger partial charge is 0.325 e. The van der Waals surface area contributed by atoms with E-state index in [0.29, 0.717) is 22.4 Å². The van der Waals surface area contributed by atoms with Gasteiger partial charge in [0.15, 0.2) is 14.7 Å². The van der Waals surface area contributed by atoms with Gasteiger partial charge >= 0.3 is 5.97 Å². The summed E-state index contributed by atoms with van der Waals surface area (Å²) in [7, 11) is -3.85. The van der Waals surface area contributed by atoms with Crippen LogP contribution in [0.25, 0.3) is 0 Å². The molecule has 2 saturated carbocycles. The Balaban J connectivity index is 1.97. The highest BCUT2D eigenvalue weighted by Gasteiger charge is 2.51. The average Bonchev–Trinajstić information content (AvgIpc) is 2.69. The molecule has 9 heteroatoms. The van der Waals surface area contributed by atoms with Crippen LogP contribution in [-0.4, -0.2) is 41.6 Å². The van der Waals surface area contributed by atoms with Crippen LogP contribution in [0, 0.1) is 23.2 Å². The van der Waals surface area contributed by atoms with E-state index in [1.54, 1.807) is 0 Å². The third-order valence-electron chi connectivity index (χ3n) is 6.64. The molecule has 1 aromatic rings. The van der Waals surface area contributed by atoms with Gasteiger partial charge < -0.3 is 10.4 Å². The van der Waals surface area contributed by atoms with Crippen molar-refractivity contribution in [3.8, 4) is 0 Å². The van der Waals surface area contributed by atoms with Crippen LogP contribution in [0.1, 0.15) is 40.0 Å². The standard InChI is InChI=1S/C18H27N3O5S/c1-10-12-6-5-11(18(12,2)3)7-13(10)20-14-8-19-21(9-15(22)23)17(24)16(14)27(4,25)26/h8,10-13,20H,5-7,9H2,1-4H3,(H,22,23)/t10-,11+,12-,13-/m1/s1. The molecule has 2 aliphatic carbocycles. The Morgan fingerprint density at radius 3 is 2.67 bits per heavy atom. The van der Waals surface area contributed by atoms with Crippen LogP contribution in [-0.2, 0) is 21.2 Å². The fourth-order valence-corrected chi connectivity index (χ4v) is 6.09. The number of hydrogen-bond donors (Lipinski definition) is 2. The maximum absolute atomic E-state index is 12.6. The fraction of sp³-hybridized carbons (Fsp3) is 0.722. The number of rotatable bonds is 5. The lowest BCUT2D eigenvalue weighted by Gasteiger charge is -2.46. The predicted octanol–water partition coefficient (Wildman–Crippen LogP) is 1.60. The number of carbonyl (C=O) groups is 1. The van der Waals surface area contributed by atoms with Gasteiger partial charge in [0.2, 0.25) is 0 Å². The average molecular weight is 397 g/mol. The van der Waals surface area contributed by atoms with E-state index in [1.165, 1.54) is 6.20 Å². The van der Waals surface area contributed by atoms with Crippen LogP contribution in [0.5, 0.6) is 0 Å². The highest BCUT2D eigenvalue weighted by molar-refractivity contribution is 7.90. The number of nitrogens with one attached hydrogen (secondary N) is 1. The number of carboxylic acid groups (broad SMARTS) is 1. The van der Waals surface area contributed by atoms with Gasteiger partial charge in [-0.15, -0.1) is 0 Å². The van der Waals surface area contributed by atoms with E-state index in [-0.39, 0.29) is 17.1 Å². The second kappa shape index (κ2) is 6.61. The van der Waals surface area contributed by atoms with E-state index >= 15 is 0 Å². The van der Waals surface area contributed by atoms with E-state index in [4.69, 9.17) is 5.11 Å². The third-order valence-corrected chi connectivity index (χ3v) is 7.77. The summed E-state index contributed by atoms with van der Waals surface area (Å²) in [6, 6.07) is 0.0487. The lowest BCUT2D eigenvalue weighted by molar-refractivity contribution is -0.138. The van der Waals surface area contributed by atoms with E-state index in [2.05, 4.69) is 31.2 Å². The summed E-state index contributed by atoms with van der Waals surface area (Å²) >= 11 is 0. The van der Waals surface area contributed by atoms with Crippen molar-refractivity contribution in [2.75, 3.05) is 11.6 Å². The maximum Gasteiger partial charge on any atom is 0.325 e. The van der Waals surface area contributed by atoms with Crippen LogP contribution in [0.4, 0.5) is 5.69 Å². The number of aliphatic carboxylic acids is 1. The molecule has 0 unspecified atom stereocenters. The molecule has 0 aliphatic heterocycles. The topological polar surface area (TPSA) is 118 Å². The molecule has 0 radical (unpaired) electrons. The maximum atomic E-state index is 12.6. The van der Waals surface area contributed by atoms with Gasteiger partial charge in [-0.3, -0.25) is 9.59 Å². The number of nitrogens with zero attached hydrogens (tertiary/aromatic N) is 2. The summed E-state index contributed by atoms with van der Waals surface area (Å²) in [5, 5.41) is 16.0. The molecule has 1 aromatic heterocycles. The molecule has 2 aliphatic rings. The highest BCUT2D eigenvalue weighted by Crippen LogP contribution is 2.57. The van der Waals surface area contributed by atoms with Crippen molar-refractivity contribution in [3.63, 3.8) is 0 Å². The van der Waals surface area contributed by atoms with Crippen molar-refractivity contribution >= 4 is 21.5 Å². The van der Waals surface area contributed by atoms with Gasteiger partial charge in [0.05, 0.1) is 11.9 Å². The lowest BCUT2D eigenvalue weighted by atomic mass is 9.62. The largest absolute Gasteiger partial charge is 0.480 e. The number of hydrogen-bond acceptors (Lipinski definition) is 6. The van der Waals surface area contributed by atoms with Crippen molar-refractivity contribution in [1.82, 2.24) is 9.78 Å². The normalized spacial score (nSPS) is 29.5. The van der Waals surface area contributed by atoms with Crippen LogP contribution >= 0.6 is 0 Å². The van der Waals surface area contributed by atoms with Gasteiger partial charge in [0.25, 0.3) is 5.56 Å².